The number of carboxylic acid groups (broad SMARTS) is 2. The van der Waals surface area contributed by atoms with E-state index in [1.165, 1.54) is 13.8 Å². The molecule has 2 atom stereocenters. The molecule has 188 valence electrons. The molecule has 2 amide bonds. The van der Waals surface area contributed by atoms with E-state index in [9.17, 15) is 29.4 Å². The van der Waals surface area contributed by atoms with Crippen molar-refractivity contribution in [3.05, 3.63) is 72.1 Å². The third kappa shape index (κ3) is 8.01. The number of benzene rings is 2. The Labute approximate surface area is 225 Å². The van der Waals surface area contributed by atoms with E-state index >= 15 is 0 Å². The SMILES string of the molecule is CC(=O)NC(Cc1c[nH]c2ccccc12)C(=O)[O-].CC(=O)NC(Cc1c[nH]c2ccccc12)C(=O)[O-].[Zn+2]. The number of aromatic amines is 2. The van der Waals surface area contributed by atoms with Crippen LogP contribution in [0.5, 0.6) is 0 Å². The summed E-state index contributed by atoms with van der Waals surface area (Å²) >= 11 is 0. The maximum Gasteiger partial charge on any atom is 2.00 e. The molecule has 0 spiro atoms. The number of rotatable bonds is 8. The van der Waals surface area contributed by atoms with Crippen molar-refractivity contribution >= 4 is 45.6 Å². The predicted molar refractivity (Wildman–Crippen MR) is 129 cm³/mol. The second kappa shape index (κ2) is 13.4. The van der Waals surface area contributed by atoms with Gasteiger partial charge in [0.2, 0.25) is 11.8 Å². The van der Waals surface area contributed by atoms with Crippen LogP contribution in [0.15, 0.2) is 60.9 Å². The number of amides is 2. The molecule has 4 aromatic rings. The Bertz CT molecular complexity index is 1290. The fourth-order valence-corrected chi connectivity index (χ4v) is 3.92. The molecule has 0 aliphatic rings. The van der Waals surface area contributed by atoms with E-state index in [2.05, 4.69) is 20.6 Å². The summed E-state index contributed by atoms with van der Waals surface area (Å²) in [6.07, 6.45) is 3.91. The molecule has 0 bridgehead atoms. The quantitative estimate of drug-likeness (QED) is 0.222. The first-order chi connectivity index (χ1) is 17.2. The van der Waals surface area contributed by atoms with Gasteiger partial charge in [-0.15, -0.1) is 0 Å². The summed E-state index contributed by atoms with van der Waals surface area (Å²) in [4.78, 5) is 49.9. The Kier molecular flexibility index (Phi) is 10.6. The monoisotopic (exact) mass is 554 g/mol. The normalized spacial score (nSPS) is 11.9. The average molecular weight is 556 g/mol. The van der Waals surface area contributed by atoms with Gasteiger partial charge in [0.15, 0.2) is 0 Å². The smallest absolute Gasteiger partial charge is 0.548 e. The zero-order chi connectivity index (χ0) is 26.2. The number of carboxylic acids is 2. The summed E-state index contributed by atoms with van der Waals surface area (Å²) in [5, 5.41) is 28.6. The number of nitrogens with one attached hydrogen (secondary N) is 4. The topological polar surface area (TPSA) is 170 Å². The van der Waals surface area contributed by atoms with Crippen molar-refractivity contribution in [3.63, 3.8) is 0 Å². The van der Waals surface area contributed by atoms with Gasteiger partial charge in [0.1, 0.15) is 0 Å². The van der Waals surface area contributed by atoms with Crippen LogP contribution < -0.4 is 20.8 Å². The first-order valence-electron chi connectivity index (χ1n) is 11.2. The summed E-state index contributed by atoms with van der Waals surface area (Å²) in [5.74, 6) is -3.33. The van der Waals surface area contributed by atoms with E-state index in [-0.39, 0.29) is 44.1 Å². The fraction of sp³-hybridized carbons (Fsp3) is 0.231. The molecule has 2 aromatic heterocycles. The number of aliphatic carboxylic acids is 2. The molecule has 0 saturated heterocycles. The molecule has 2 aromatic carbocycles. The van der Waals surface area contributed by atoms with E-state index in [0.717, 1.165) is 32.9 Å². The van der Waals surface area contributed by atoms with Gasteiger partial charge in [-0.2, -0.15) is 0 Å². The van der Waals surface area contributed by atoms with Gasteiger partial charge in [-0.05, 0) is 23.3 Å². The summed E-state index contributed by atoms with van der Waals surface area (Å²) < 4.78 is 0. The van der Waals surface area contributed by atoms with E-state index in [1.54, 1.807) is 12.4 Å². The maximum atomic E-state index is 11.0. The van der Waals surface area contributed by atoms with Gasteiger partial charge >= 0.3 is 19.5 Å². The Morgan fingerprint density at radius 2 is 1.05 bits per heavy atom. The zero-order valence-corrected chi connectivity index (χ0v) is 23.5. The van der Waals surface area contributed by atoms with Crippen LogP contribution in [0.3, 0.4) is 0 Å². The van der Waals surface area contributed by atoms with Gasteiger partial charge in [-0.1, -0.05) is 36.4 Å². The van der Waals surface area contributed by atoms with Gasteiger partial charge in [-0.25, -0.2) is 0 Å². The summed E-state index contributed by atoms with van der Waals surface area (Å²) in [7, 11) is 0. The molecule has 10 nitrogen and oxygen atoms in total. The second-order valence-electron chi connectivity index (χ2n) is 8.27. The Hall–Kier alpha value is -3.98. The van der Waals surface area contributed by atoms with Crippen molar-refractivity contribution in [3.8, 4) is 0 Å². The predicted octanol–water partition coefficient (Wildman–Crippen LogP) is -0.0725. The molecule has 0 radical (unpaired) electrons. The van der Waals surface area contributed by atoms with Crippen LogP contribution in [-0.2, 0) is 51.5 Å². The summed E-state index contributed by atoms with van der Waals surface area (Å²) in [6.45, 7) is 2.57. The Morgan fingerprint density at radius 1 is 0.703 bits per heavy atom. The van der Waals surface area contributed by atoms with Crippen LogP contribution in [0.4, 0.5) is 0 Å². The third-order valence-corrected chi connectivity index (χ3v) is 5.52. The molecule has 0 aliphatic heterocycles. The van der Waals surface area contributed by atoms with E-state index in [4.69, 9.17) is 0 Å². The number of H-pyrrole nitrogens is 2. The van der Waals surface area contributed by atoms with E-state index in [1.807, 2.05) is 48.5 Å². The van der Waals surface area contributed by atoms with Crippen molar-refractivity contribution in [2.24, 2.45) is 0 Å². The zero-order valence-electron chi connectivity index (χ0n) is 20.5. The van der Waals surface area contributed by atoms with Crippen LogP contribution in [0.25, 0.3) is 21.8 Å². The largest absolute Gasteiger partial charge is 2.00 e. The van der Waals surface area contributed by atoms with Crippen molar-refractivity contribution in [1.82, 2.24) is 20.6 Å². The van der Waals surface area contributed by atoms with Crippen molar-refractivity contribution in [1.29, 1.82) is 0 Å². The van der Waals surface area contributed by atoms with Crippen LogP contribution in [0.2, 0.25) is 0 Å². The molecule has 11 heteroatoms. The number of carbonyl (C=O) groups excluding carboxylic acids is 4. The molecule has 0 saturated carbocycles. The molecular formula is C26H26N4O6Zn. The van der Waals surface area contributed by atoms with Gasteiger partial charge in [0.25, 0.3) is 0 Å². The second-order valence-corrected chi connectivity index (χ2v) is 8.27. The first-order valence-corrected chi connectivity index (χ1v) is 11.2. The molecule has 4 N–H and O–H groups in total. The molecule has 0 fully saturated rings. The minimum atomic E-state index is -1.28. The molecule has 0 aliphatic carbocycles. The number of para-hydroxylation sites is 2. The number of aromatic nitrogens is 2. The van der Waals surface area contributed by atoms with Crippen molar-refractivity contribution in [2.75, 3.05) is 0 Å². The minimum Gasteiger partial charge on any atom is -0.548 e. The molecular weight excluding hydrogens is 530 g/mol. The van der Waals surface area contributed by atoms with E-state index in [0.29, 0.717) is 0 Å². The summed E-state index contributed by atoms with van der Waals surface area (Å²) in [6, 6.07) is 13.2. The van der Waals surface area contributed by atoms with Crippen LogP contribution in [0, 0.1) is 0 Å². The van der Waals surface area contributed by atoms with Crippen LogP contribution >= 0.6 is 0 Å². The van der Waals surface area contributed by atoms with E-state index < -0.39 is 24.0 Å². The number of carbonyl (C=O) groups is 4. The standard InChI is InChI=1S/2C13H14N2O3.Zn/c2*1-8(16)15-12(13(17)18)6-9-7-14-11-5-3-2-4-10(9)11;/h2*2-5,7,12,14H,6H2,1H3,(H,15,16)(H,17,18);/q;;+2/p-2. The molecule has 2 unspecified atom stereocenters. The van der Waals surface area contributed by atoms with Crippen LogP contribution in [0.1, 0.15) is 25.0 Å². The molecule has 4 rings (SSSR count). The third-order valence-electron chi connectivity index (χ3n) is 5.52. The Morgan fingerprint density at radius 3 is 1.38 bits per heavy atom. The van der Waals surface area contributed by atoms with Gasteiger partial charge in [-0.3, -0.25) is 9.59 Å². The average Bonchev–Trinajstić information content (AvgIpc) is 3.42. The number of fused-ring (bicyclic) bond motifs is 2. The van der Waals surface area contributed by atoms with Crippen LogP contribution in [-0.4, -0.2) is 45.8 Å². The van der Waals surface area contributed by atoms with Gasteiger partial charge in [0.05, 0.1) is 24.0 Å². The Balaban J connectivity index is 0.000000253. The number of hydrogen-bond donors (Lipinski definition) is 4. The minimum absolute atomic E-state index is 0. The van der Waals surface area contributed by atoms with Gasteiger partial charge < -0.3 is 40.4 Å². The van der Waals surface area contributed by atoms with Crippen molar-refractivity contribution in [2.45, 2.75) is 38.8 Å². The molecule has 2 heterocycles. The van der Waals surface area contributed by atoms with Gasteiger partial charge in [0, 0.05) is 60.9 Å². The number of hydrogen-bond acceptors (Lipinski definition) is 6. The van der Waals surface area contributed by atoms with Crippen molar-refractivity contribution < 1.29 is 48.9 Å². The summed E-state index contributed by atoms with van der Waals surface area (Å²) in [5.41, 5.74) is 3.56. The fourth-order valence-electron chi connectivity index (χ4n) is 3.92. The molecule has 37 heavy (non-hydrogen) atoms. The maximum absolute atomic E-state index is 11.0. The first kappa shape index (κ1) is 29.3.